The molecule has 1 aliphatic heterocycles. The Labute approximate surface area is 107 Å². The molecule has 2 aliphatic rings. The molecule has 2 nitrogen and oxygen atoms in total. The molecule has 3 unspecified atom stereocenters. The molecule has 1 spiro atoms. The van der Waals surface area contributed by atoms with Gasteiger partial charge in [-0.05, 0) is 50.0 Å². The van der Waals surface area contributed by atoms with Gasteiger partial charge in [0, 0.05) is 12.6 Å². The average Bonchev–Trinajstić information content (AvgIpc) is 2.13. The minimum Gasteiger partial charge on any atom is -0.375 e. The van der Waals surface area contributed by atoms with Crippen molar-refractivity contribution in [2.45, 2.75) is 71.4 Å². The van der Waals surface area contributed by atoms with Crippen LogP contribution in [0.3, 0.4) is 0 Å². The van der Waals surface area contributed by atoms with E-state index in [4.69, 9.17) is 4.74 Å². The first-order valence-electron chi connectivity index (χ1n) is 7.32. The van der Waals surface area contributed by atoms with Gasteiger partial charge in [0.05, 0.1) is 5.60 Å². The summed E-state index contributed by atoms with van der Waals surface area (Å²) >= 11 is 0. The molecule has 1 aliphatic carbocycles. The van der Waals surface area contributed by atoms with Gasteiger partial charge in [-0.15, -0.1) is 0 Å². The van der Waals surface area contributed by atoms with Crippen molar-refractivity contribution < 1.29 is 4.74 Å². The van der Waals surface area contributed by atoms with Crippen LogP contribution in [0.2, 0.25) is 0 Å². The quantitative estimate of drug-likeness (QED) is 0.798. The van der Waals surface area contributed by atoms with Gasteiger partial charge in [-0.25, -0.2) is 0 Å². The summed E-state index contributed by atoms with van der Waals surface area (Å²) < 4.78 is 6.25. The van der Waals surface area contributed by atoms with E-state index in [1.54, 1.807) is 0 Å². The van der Waals surface area contributed by atoms with Gasteiger partial charge in [0.15, 0.2) is 0 Å². The molecule has 2 fully saturated rings. The van der Waals surface area contributed by atoms with Crippen molar-refractivity contribution in [1.82, 2.24) is 5.32 Å². The van der Waals surface area contributed by atoms with Gasteiger partial charge >= 0.3 is 0 Å². The van der Waals surface area contributed by atoms with Crippen LogP contribution in [0.15, 0.2) is 0 Å². The molecular weight excluding hydrogens is 210 g/mol. The number of ether oxygens (including phenoxy) is 1. The van der Waals surface area contributed by atoms with E-state index in [-0.39, 0.29) is 5.60 Å². The Balaban J connectivity index is 2.06. The minimum atomic E-state index is 0.173. The molecule has 0 bridgehead atoms. The summed E-state index contributed by atoms with van der Waals surface area (Å²) in [4.78, 5) is 0. The van der Waals surface area contributed by atoms with Crippen LogP contribution in [0.4, 0.5) is 0 Å². The average molecular weight is 239 g/mol. The molecule has 0 amide bonds. The summed E-state index contributed by atoms with van der Waals surface area (Å²) in [6.45, 7) is 11.4. The minimum absolute atomic E-state index is 0.173. The maximum absolute atomic E-state index is 6.25. The van der Waals surface area contributed by atoms with Gasteiger partial charge in [0.25, 0.3) is 0 Å². The van der Waals surface area contributed by atoms with Gasteiger partial charge in [0.1, 0.15) is 0 Å². The lowest BCUT2D eigenvalue weighted by Gasteiger charge is -2.51. The number of rotatable bonds is 2. The summed E-state index contributed by atoms with van der Waals surface area (Å²) in [5.74, 6) is 0.805. The third kappa shape index (κ3) is 3.23. The molecule has 0 radical (unpaired) electrons. The lowest BCUT2D eigenvalue weighted by atomic mass is 9.63. The van der Waals surface area contributed by atoms with Gasteiger partial charge in [-0.3, -0.25) is 0 Å². The smallest absolute Gasteiger partial charge is 0.0705 e. The first kappa shape index (κ1) is 13.4. The predicted molar refractivity (Wildman–Crippen MR) is 72.2 cm³/mol. The molecule has 1 saturated carbocycles. The Bertz CT molecular complexity index is 262. The summed E-state index contributed by atoms with van der Waals surface area (Å²) in [6, 6.07) is 0.676. The van der Waals surface area contributed by atoms with E-state index in [9.17, 15) is 0 Å². The first-order valence-corrected chi connectivity index (χ1v) is 7.32. The summed E-state index contributed by atoms with van der Waals surface area (Å²) in [5, 5.41) is 3.62. The van der Waals surface area contributed by atoms with Crippen molar-refractivity contribution in [1.29, 1.82) is 0 Å². The maximum Gasteiger partial charge on any atom is 0.0705 e. The van der Waals surface area contributed by atoms with E-state index in [2.05, 4.69) is 33.0 Å². The molecule has 2 rings (SSSR count). The molecule has 0 aromatic rings. The fourth-order valence-corrected chi connectivity index (χ4v) is 4.42. The molecule has 2 heteroatoms. The van der Waals surface area contributed by atoms with Gasteiger partial charge < -0.3 is 10.1 Å². The standard InChI is InChI=1S/C15H29NO/c1-5-16-13-6-7-17-15(10-13)9-12(2)8-14(3,4)11-15/h12-13,16H,5-11H2,1-4H3. The van der Waals surface area contributed by atoms with E-state index in [1.807, 2.05) is 0 Å². The van der Waals surface area contributed by atoms with Crippen LogP contribution < -0.4 is 5.32 Å². The van der Waals surface area contributed by atoms with Crippen molar-refractivity contribution in [3.63, 3.8) is 0 Å². The third-order valence-electron chi connectivity index (χ3n) is 4.41. The van der Waals surface area contributed by atoms with Crippen LogP contribution in [0.1, 0.15) is 59.8 Å². The predicted octanol–water partition coefficient (Wildman–Crippen LogP) is 3.36. The topological polar surface area (TPSA) is 21.3 Å². The highest BCUT2D eigenvalue weighted by Crippen LogP contribution is 2.48. The van der Waals surface area contributed by atoms with E-state index >= 15 is 0 Å². The first-order chi connectivity index (χ1) is 7.95. The molecule has 0 aromatic heterocycles. The zero-order chi connectivity index (χ0) is 12.5. The third-order valence-corrected chi connectivity index (χ3v) is 4.41. The molecule has 100 valence electrons. The zero-order valence-electron chi connectivity index (χ0n) is 12.0. The second kappa shape index (κ2) is 4.89. The van der Waals surface area contributed by atoms with Crippen LogP contribution in [0.5, 0.6) is 0 Å². The van der Waals surface area contributed by atoms with Crippen LogP contribution in [0.25, 0.3) is 0 Å². The molecule has 3 atom stereocenters. The molecule has 1 heterocycles. The highest BCUT2D eigenvalue weighted by molar-refractivity contribution is 4.98. The van der Waals surface area contributed by atoms with Crippen molar-refractivity contribution in [2.24, 2.45) is 11.3 Å². The van der Waals surface area contributed by atoms with E-state index in [0.29, 0.717) is 11.5 Å². The fraction of sp³-hybridized carbons (Fsp3) is 1.00. The highest BCUT2D eigenvalue weighted by atomic mass is 16.5. The maximum atomic E-state index is 6.25. The Morgan fingerprint density at radius 1 is 1.24 bits per heavy atom. The normalized spacial score (nSPS) is 41.6. The lowest BCUT2D eigenvalue weighted by molar-refractivity contribution is -0.142. The number of hydrogen-bond donors (Lipinski definition) is 1. The number of hydrogen-bond acceptors (Lipinski definition) is 2. The van der Waals surface area contributed by atoms with Crippen molar-refractivity contribution >= 4 is 0 Å². The zero-order valence-corrected chi connectivity index (χ0v) is 12.0. The van der Waals surface area contributed by atoms with Gasteiger partial charge in [-0.2, -0.15) is 0 Å². The largest absolute Gasteiger partial charge is 0.375 e. The van der Waals surface area contributed by atoms with Crippen LogP contribution in [-0.4, -0.2) is 24.8 Å². The Morgan fingerprint density at radius 3 is 2.65 bits per heavy atom. The second-order valence-electron chi connectivity index (χ2n) is 7.13. The summed E-state index contributed by atoms with van der Waals surface area (Å²) in [7, 11) is 0. The van der Waals surface area contributed by atoms with Crippen LogP contribution in [0, 0.1) is 11.3 Å². The van der Waals surface area contributed by atoms with Gasteiger partial charge in [0.2, 0.25) is 0 Å². The molecule has 1 saturated heterocycles. The Hall–Kier alpha value is -0.0800. The van der Waals surface area contributed by atoms with Crippen LogP contribution >= 0.6 is 0 Å². The Morgan fingerprint density at radius 2 is 2.00 bits per heavy atom. The molecule has 17 heavy (non-hydrogen) atoms. The van der Waals surface area contributed by atoms with Gasteiger partial charge in [-0.1, -0.05) is 27.7 Å². The van der Waals surface area contributed by atoms with E-state index in [1.165, 1.54) is 32.1 Å². The Kier molecular flexibility index (Phi) is 3.84. The van der Waals surface area contributed by atoms with Crippen molar-refractivity contribution in [3.8, 4) is 0 Å². The second-order valence-corrected chi connectivity index (χ2v) is 7.13. The molecular formula is C15H29NO. The van der Waals surface area contributed by atoms with Crippen molar-refractivity contribution in [2.75, 3.05) is 13.2 Å². The van der Waals surface area contributed by atoms with E-state index < -0.39 is 0 Å². The highest BCUT2D eigenvalue weighted by Gasteiger charge is 2.46. The SMILES string of the molecule is CCNC1CCOC2(CC(C)CC(C)(C)C2)C1. The van der Waals surface area contributed by atoms with Crippen LogP contribution in [-0.2, 0) is 4.74 Å². The monoisotopic (exact) mass is 239 g/mol. The number of nitrogens with one attached hydrogen (secondary N) is 1. The van der Waals surface area contributed by atoms with Crippen molar-refractivity contribution in [3.05, 3.63) is 0 Å². The van der Waals surface area contributed by atoms with E-state index in [0.717, 1.165) is 19.1 Å². The summed E-state index contributed by atoms with van der Waals surface area (Å²) in [6.07, 6.45) is 6.26. The summed E-state index contributed by atoms with van der Waals surface area (Å²) in [5.41, 5.74) is 0.623. The molecule has 0 aromatic carbocycles. The fourth-order valence-electron chi connectivity index (χ4n) is 4.42. The lowest BCUT2D eigenvalue weighted by Crippen LogP contribution is -2.52. The molecule has 1 N–H and O–H groups in total.